The molecule has 1 amide bonds. The van der Waals surface area contributed by atoms with Crippen LogP contribution in [0.15, 0.2) is 125 Å². The topological polar surface area (TPSA) is 220 Å². The number of piperidine rings is 11. The van der Waals surface area contributed by atoms with E-state index in [-0.39, 0.29) is 93.9 Å². The summed E-state index contributed by atoms with van der Waals surface area (Å²) >= 11 is 17.5. The zero-order valence-electron chi connectivity index (χ0n) is 87.1. The van der Waals surface area contributed by atoms with E-state index < -0.39 is 42.3 Å². The normalized spacial score (nSPS) is 22.1. The molecule has 0 bridgehead atoms. The molecule has 0 saturated carbocycles. The van der Waals surface area contributed by atoms with Gasteiger partial charge in [-0.05, 0) is 482 Å². The van der Waals surface area contributed by atoms with Crippen molar-refractivity contribution in [2.45, 2.75) is 296 Å². The fraction of sp³-hybridized carbons (Fsp3) is 0.676. The Bertz CT molecular complexity index is 4720. The number of alkyl halides is 9. The fourth-order valence-corrected chi connectivity index (χ4v) is 25.0. The second-order valence-corrected chi connectivity index (χ2v) is 49.3. The second-order valence-electron chi connectivity index (χ2n) is 42.8. The van der Waals surface area contributed by atoms with Crippen LogP contribution in [0.5, 0.6) is 0 Å². The number of aryl methyl sites for hydroxylation is 2. The number of halogens is 14. The second kappa shape index (κ2) is 56.6. The van der Waals surface area contributed by atoms with Gasteiger partial charge in [0, 0.05) is 115 Å². The Morgan fingerprint density at radius 2 is 0.671 bits per heavy atom. The van der Waals surface area contributed by atoms with Gasteiger partial charge in [-0.3, -0.25) is 29.3 Å². The number of carbonyl (C=O) groups is 1. The minimum Gasteiger partial charge on any atom is -0.437 e. The van der Waals surface area contributed by atoms with Gasteiger partial charge in [0.15, 0.2) is 0 Å². The number of nitrogens with zero attached hydrogens (tertiary/aromatic N) is 12. The first kappa shape index (κ1) is 127. The van der Waals surface area contributed by atoms with Gasteiger partial charge in [0.25, 0.3) is 5.91 Å². The van der Waals surface area contributed by atoms with E-state index in [1.807, 2.05) is 69.2 Å². The maximum Gasteiger partial charge on any atom is 0.416 e. The third-order valence-electron chi connectivity index (χ3n) is 34.0. The van der Waals surface area contributed by atoms with Crippen LogP contribution < -0.4 is 0 Å². The van der Waals surface area contributed by atoms with Crippen molar-refractivity contribution >= 4 is 119 Å². The number of benzene rings is 4. The van der Waals surface area contributed by atoms with Gasteiger partial charge in [-0.25, -0.2) is 0 Å². The van der Waals surface area contributed by atoms with E-state index in [1.165, 1.54) is 122 Å². The zero-order valence-corrected chi connectivity index (χ0v) is 96.5. The van der Waals surface area contributed by atoms with E-state index >= 15 is 0 Å². The Balaban J connectivity index is 0.000000270. The Kier molecular flexibility index (Phi) is 50.2. The molecule has 11 fully saturated rings. The number of hydrogen-bond donors (Lipinski definition) is 4. The van der Waals surface area contributed by atoms with Crippen molar-refractivity contribution in [2.75, 3.05) is 151 Å². The summed E-state index contributed by atoms with van der Waals surface area (Å²) in [4.78, 5) is 38.8. The van der Waals surface area contributed by atoms with Crippen LogP contribution in [0.25, 0.3) is 5.57 Å². The molecule has 38 heteroatoms. The first-order chi connectivity index (χ1) is 65.8. The third-order valence-corrected chi connectivity index (χ3v) is 36.8. The van der Waals surface area contributed by atoms with Gasteiger partial charge < -0.3 is 60.1 Å². The van der Waals surface area contributed by atoms with Crippen LogP contribution in [-0.2, 0) is 39.0 Å². The molecule has 11 aliphatic rings. The van der Waals surface area contributed by atoms with Gasteiger partial charge in [0.1, 0.15) is 5.54 Å². The molecule has 15 rings (SSSR count). The van der Waals surface area contributed by atoms with Gasteiger partial charge in [0.05, 0.1) is 29.5 Å². The van der Waals surface area contributed by atoms with E-state index in [0.717, 1.165) is 266 Å². The van der Waals surface area contributed by atoms with Crippen molar-refractivity contribution in [1.82, 2.24) is 53.5 Å². The summed E-state index contributed by atoms with van der Waals surface area (Å²) in [7, 11) is 0.703. The van der Waals surface area contributed by atoms with Crippen LogP contribution in [0.1, 0.15) is 265 Å². The molecule has 0 radical (unpaired) electrons. The average molecular weight is 2420 g/mol. The number of amides is 1. The molecule has 8 N–H and O–H groups in total. The maximum atomic E-state index is 13.2. The molecule has 11 aliphatic heterocycles. The first-order valence-corrected chi connectivity index (χ1v) is 55.3. The Hall–Kier alpha value is -3.15. The molecule has 0 aliphatic carbocycles. The summed E-state index contributed by atoms with van der Waals surface area (Å²) in [5, 5.41) is 48.5. The van der Waals surface area contributed by atoms with Crippen LogP contribution in [-0.4, -0.2) is 297 Å². The molecule has 2 atom stereocenters. The summed E-state index contributed by atoms with van der Waals surface area (Å²) < 4.78 is 119. The quantitative estimate of drug-likeness (QED) is 0.0642. The number of allylic oxidation sites excluding steroid dienone is 2. The number of carbonyl (C=O) groups excluding carboxylic acids is 1. The van der Waals surface area contributed by atoms with Gasteiger partial charge in [-0.15, -0.1) is 0 Å². The minimum absolute atomic E-state index is 0. The van der Waals surface area contributed by atoms with Crippen LogP contribution in [0.3, 0.4) is 0 Å². The minimum atomic E-state index is -4.29. The molecule has 0 aromatic heterocycles. The van der Waals surface area contributed by atoms with Gasteiger partial charge >= 0.3 is 46.7 Å². The first-order valence-electron chi connectivity index (χ1n) is 51.3. The molecule has 11 heterocycles. The summed E-state index contributed by atoms with van der Waals surface area (Å²) in [6, 6.07) is 25.5. The molecule has 0 spiro atoms. The molecular formula is C105H162B4Br5F9N12O7Pd. The van der Waals surface area contributed by atoms with E-state index in [9.17, 15) is 69.7 Å². The summed E-state index contributed by atoms with van der Waals surface area (Å²) in [5.74, 6) is 1.64. The van der Waals surface area contributed by atoms with Crippen molar-refractivity contribution in [1.29, 1.82) is 5.26 Å². The molecule has 804 valence electrons. The maximum absolute atomic E-state index is 13.2. The number of rotatable bonds is 15. The summed E-state index contributed by atoms with van der Waals surface area (Å²) in [6.07, 6.45) is 10.3. The summed E-state index contributed by atoms with van der Waals surface area (Å²) in [6.45, 7) is 50.7. The SMILES string of the molecule is CB(O)N1CCC(C#N)(N2CCC(=C(Br)Br)CC2)CC1.CB(O)N1CCC(C)(N2CCC(=C(C)Br)CC2)CC1.CB(O)N1CCC(C)(N2CCC(=C(C)c3ccc(C(F)(F)F)cc3)CC2)CC1.CB(O)N1CCC(C)(N2CCC(C(C)c3ccc(C(F)(F)F)cc3)CC2)CC1.CN1CCC(=C(Br)Br)CC1.Cc1cccc(C)c1C(=O)N1CCC(C)(N2CCC(C(C)c3ccc(C(F)(F)F)cc3)CC2)CC1.O.O.[HH].[Pd]. The standard InChI is InChI=1S/C29H37F3N2O.C21H32BF3N2O.C21H30BF3N2O.C14H26BBrN2O.C13H20BBr2N3O.C7H11Br2N.2H2O.Pd.H2/c1-20-6-5-7-21(2)26(20)27(35)33-18-14-28(4,15-19-33)34-16-12-24(13-17-34)22(3)23-8-10-25(11-9-23)29(30,31)32;2*1-16(17-4-6-19(7-5-17)21(23,24)25)18-8-12-26(13-9-18)20(2)10-14-27(15-11-20)22(3)28;1-12(16)13-4-8-17(9-5-13)14(2)6-10-18(11-7-14)15(3)19;1-14(20)19-8-4-13(10-17,5-9-19)18-6-2-11(3-7-18)12(15)16;1-10-4-2-6(3-5-10)7(8)9;;;;/h5-11,22,24H,12-19H2,1-4H3;4-7,16,18,28H,8-15H2,1-3H3;4-7,28H,8-15H2,1-3H3;19H,4-11H2,1-3H3;20H,2-9H2,1H3;2-5H2,1H3;2*1H2;;1H. The zero-order chi connectivity index (χ0) is 103. The number of nitriles is 1. The molecule has 4 aromatic carbocycles. The van der Waals surface area contributed by atoms with Crippen molar-refractivity contribution in [2.24, 2.45) is 11.8 Å². The van der Waals surface area contributed by atoms with Gasteiger partial charge in [-0.2, -0.15) is 44.8 Å². The molecular weight excluding hydrogens is 2260 g/mol. The van der Waals surface area contributed by atoms with Crippen LogP contribution in [0.4, 0.5) is 39.5 Å². The number of likely N-dealkylation sites (tertiary alicyclic amines) is 7. The molecule has 2 unspecified atom stereocenters. The van der Waals surface area contributed by atoms with E-state index in [0.29, 0.717) is 17.4 Å². The average Bonchev–Trinajstić information content (AvgIpc) is 0.809. The Morgan fingerprint density at radius 3 is 0.958 bits per heavy atom. The molecule has 11 saturated heterocycles. The van der Waals surface area contributed by atoms with Crippen LogP contribution in [0.2, 0.25) is 27.3 Å². The van der Waals surface area contributed by atoms with Crippen molar-refractivity contribution in [3.63, 3.8) is 0 Å². The largest absolute Gasteiger partial charge is 0.437 e. The van der Waals surface area contributed by atoms with Crippen LogP contribution in [0, 0.1) is 37.0 Å². The van der Waals surface area contributed by atoms with E-state index in [4.69, 9.17) is 0 Å². The molecule has 19 nitrogen and oxygen atoms in total. The van der Waals surface area contributed by atoms with Gasteiger partial charge in [0.2, 0.25) is 0 Å². The fourth-order valence-electron chi connectivity index (χ4n) is 23.0. The monoisotopic (exact) mass is 2420 g/mol. The van der Waals surface area contributed by atoms with Crippen molar-refractivity contribution in [3.05, 3.63) is 175 Å². The predicted molar refractivity (Wildman–Crippen MR) is 584 cm³/mol. The summed E-state index contributed by atoms with van der Waals surface area (Å²) in [5.41, 5.74) is 11.4. The predicted octanol–water partition coefficient (Wildman–Crippen LogP) is 22.4. The molecule has 143 heavy (non-hydrogen) atoms. The van der Waals surface area contributed by atoms with E-state index in [2.05, 4.69) is 185 Å². The Labute approximate surface area is 907 Å². The van der Waals surface area contributed by atoms with Crippen LogP contribution >= 0.6 is 79.6 Å². The molecule has 4 aromatic rings. The van der Waals surface area contributed by atoms with Crippen molar-refractivity contribution < 1.29 is 97.2 Å². The number of hydrogen-bond acceptors (Lipinski definition) is 16. The smallest absolute Gasteiger partial charge is 0.416 e. The van der Waals surface area contributed by atoms with Crippen molar-refractivity contribution in [3.8, 4) is 6.07 Å². The third kappa shape index (κ3) is 35.2. The van der Waals surface area contributed by atoms with Gasteiger partial charge in [-0.1, -0.05) is 95.5 Å². The Morgan fingerprint density at radius 1 is 0.406 bits per heavy atom. The van der Waals surface area contributed by atoms with E-state index in [1.54, 1.807) is 48.8 Å².